The maximum atomic E-state index is 12.6. The van der Waals surface area contributed by atoms with E-state index in [4.69, 9.17) is 28.5 Å². The van der Waals surface area contributed by atoms with E-state index in [2.05, 4.69) is 38.2 Å². The molecule has 0 radical (unpaired) electrons. The molecule has 432 valence electrons. The third kappa shape index (κ3) is 57.9. The fourth-order valence-corrected chi connectivity index (χ4v) is 7.31. The number of ether oxygens (including phenoxy) is 5. The second-order valence-electron chi connectivity index (χ2n) is 20.4. The Kier molecular flexibility index (Phi) is 56.3. The summed E-state index contributed by atoms with van der Waals surface area (Å²) in [6.45, 7) is 5.13. The number of rotatable bonds is 46. The van der Waals surface area contributed by atoms with Crippen LogP contribution < -0.4 is 24.8 Å². The normalized spacial score (nSPS) is 12.1. The summed E-state index contributed by atoms with van der Waals surface area (Å²) in [5.74, 6) is -1.83. The molecule has 0 heterocycles. The molecular formula is C57H108Cl2N2O12. The van der Waals surface area contributed by atoms with Crippen LogP contribution in [-0.4, -0.2) is 119 Å². The van der Waals surface area contributed by atoms with Crippen LogP contribution in [0.25, 0.3) is 0 Å². The van der Waals surface area contributed by atoms with E-state index in [9.17, 15) is 28.8 Å². The molecule has 0 fully saturated rings. The van der Waals surface area contributed by atoms with E-state index < -0.39 is 0 Å². The van der Waals surface area contributed by atoms with Gasteiger partial charge in [-0.25, -0.2) is 4.79 Å². The Morgan fingerprint density at radius 1 is 0.411 bits per heavy atom. The summed E-state index contributed by atoms with van der Waals surface area (Å²) in [7, 11) is 11.4. The number of carbonyl (C=O) groups excluding carboxylic acids is 6. The fourth-order valence-electron chi connectivity index (χ4n) is 7.31. The van der Waals surface area contributed by atoms with Crippen LogP contribution >= 0.6 is 0 Å². The fraction of sp³-hybridized carbons (Fsp3) is 0.825. The van der Waals surface area contributed by atoms with Gasteiger partial charge in [0, 0.05) is 44.9 Å². The van der Waals surface area contributed by atoms with Crippen LogP contribution in [0.3, 0.4) is 0 Å². The molecule has 0 aromatic rings. The molecule has 0 aromatic heterocycles. The van der Waals surface area contributed by atoms with Crippen LogP contribution in [0, 0.1) is 0 Å². The zero-order valence-corrected chi connectivity index (χ0v) is 47.3. The maximum absolute atomic E-state index is 12.6. The number of nitrogens with zero attached hydrogens (tertiary/aromatic N) is 2. The lowest BCUT2D eigenvalue weighted by Crippen LogP contribution is -3.00. The minimum Gasteiger partial charge on any atom is -1.00 e. The SMILES string of the molecule is C.C.CCCCCCC(C/C=C\CCCCCCCC(=O)OCOC(=O)CCCCCCC/C=C\CC(CCCCCC)OC(=O)CCCC(=O)O[N+](C)(C)C)OC(=O)CCCC(=O)OCC[N+](C)(C)C.[Cl-].[Cl-]. The molecule has 0 aliphatic carbocycles. The predicted molar refractivity (Wildman–Crippen MR) is 286 cm³/mol. The molecule has 0 bridgehead atoms. The lowest BCUT2D eigenvalue weighted by atomic mass is 10.1. The molecule has 0 aliphatic heterocycles. The first kappa shape index (κ1) is 78.7. The van der Waals surface area contributed by atoms with E-state index in [1.807, 2.05) is 21.1 Å². The van der Waals surface area contributed by atoms with Gasteiger partial charge < -0.3 is 53.0 Å². The van der Waals surface area contributed by atoms with Crippen molar-refractivity contribution >= 4 is 35.8 Å². The minimum atomic E-state index is -0.354. The second-order valence-corrected chi connectivity index (χ2v) is 20.4. The van der Waals surface area contributed by atoms with Crippen LogP contribution in [-0.2, 0) is 57.3 Å². The van der Waals surface area contributed by atoms with Crippen LogP contribution in [0.5, 0.6) is 0 Å². The van der Waals surface area contributed by atoms with Gasteiger partial charge in [0.1, 0.15) is 46.5 Å². The van der Waals surface area contributed by atoms with Crippen molar-refractivity contribution in [3.63, 3.8) is 0 Å². The molecule has 0 spiro atoms. The quantitative estimate of drug-likeness (QED) is 0.0115. The highest BCUT2D eigenvalue weighted by molar-refractivity contribution is 5.73. The largest absolute Gasteiger partial charge is 1.00 e. The van der Waals surface area contributed by atoms with Crippen molar-refractivity contribution in [2.24, 2.45) is 0 Å². The summed E-state index contributed by atoms with van der Waals surface area (Å²) >= 11 is 0. The zero-order chi connectivity index (χ0) is 51.4. The van der Waals surface area contributed by atoms with Crippen molar-refractivity contribution in [2.45, 2.75) is 246 Å². The summed E-state index contributed by atoms with van der Waals surface area (Å²) in [4.78, 5) is 78.6. The molecular weight excluding hydrogens is 976 g/mol. The lowest BCUT2D eigenvalue weighted by molar-refractivity contribution is -1.04. The van der Waals surface area contributed by atoms with Gasteiger partial charge in [0.2, 0.25) is 6.79 Å². The predicted octanol–water partition coefficient (Wildman–Crippen LogP) is 7.18. The van der Waals surface area contributed by atoms with Gasteiger partial charge in [-0.2, -0.15) is 0 Å². The highest BCUT2D eigenvalue weighted by atomic mass is 35.5. The summed E-state index contributed by atoms with van der Waals surface area (Å²) in [6, 6.07) is 0. The minimum absolute atomic E-state index is 0. The molecule has 0 aromatic carbocycles. The number of hydroxylamine groups is 3. The van der Waals surface area contributed by atoms with Crippen molar-refractivity contribution in [1.82, 2.24) is 0 Å². The van der Waals surface area contributed by atoms with Crippen molar-refractivity contribution in [1.29, 1.82) is 0 Å². The molecule has 0 aliphatic rings. The topological polar surface area (TPSA) is 158 Å². The smallest absolute Gasteiger partial charge is 0.366 e. The van der Waals surface area contributed by atoms with Crippen molar-refractivity contribution in [3.05, 3.63) is 24.3 Å². The summed E-state index contributed by atoms with van der Waals surface area (Å²) in [6.07, 6.45) is 33.9. The third-order valence-electron chi connectivity index (χ3n) is 11.4. The standard InChI is InChI=1S/C55H100N2O12.2CH4.2ClH/c1-9-11-13-27-35-48(67-53(61)42-33-41-50(58)64-46-45-56(3,4)5)37-29-23-19-15-17-21-25-31-39-51(59)65-47-66-52(60)40-32-26-22-18-16-20-24-30-38-49(36-28-14-12-10-2)68-54(62)43-34-44-55(63)69-57(6,7)8;;;;/h23-24,29-30,48-49H,9-22,25-28,31-47H2,1-8H3;2*1H4;2*1H/q+2;;;;/p-2/b29-23-,30-24-;;;;. The van der Waals surface area contributed by atoms with Gasteiger partial charge in [-0.15, -0.1) is 4.65 Å². The van der Waals surface area contributed by atoms with Crippen molar-refractivity contribution in [3.8, 4) is 0 Å². The number of halogens is 2. The lowest BCUT2D eigenvalue weighted by Gasteiger charge is -2.23. The first-order valence-electron chi connectivity index (χ1n) is 26.9. The number of esters is 5. The Bertz CT molecular complexity index is 1430. The average molecular weight is 1080 g/mol. The van der Waals surface area contributed by atoms with E-state index in [1.54, 1.807) is 21.1 Å². The maximum Gasteiger partial charge on any atom is 0.366 e. The molecule has 0 rings (SSSR count). The number of quaternary nitrogens is 2. The number of hydrogen-bond donors (Lipinski definition) is 0. The van der Waals surface area contributed by atoms with Crippen molar-refractivity contribution < 1.29 is 91.2 Å². The Labute approximate surface area is 458 Å². The van der Waals surface area contributed by atoms with Crippen LogP contribution in [0.1, 0.15) is 234 Å². The highest BCUT2D eigenvalue weighted by Crippen LogP contribution is 2.17. The molecule has 0 saturated carbocycles. The first-order valence-corrected chi connectivity index (χ1v) is 26.9. The summed E-state index contributed by atoms with van der Waals surface area (Å²) in [5, 5.41) is 0. The molecule has 0 amide bonds. The number of carbonyl (C=O) groups is 6. The Balaban J connectivity index is -0.00000385. The average Bonchev–Trinajstić information content (AvgIpc) is 3.26. The molecule has 0 N–H and O–H groups in total. The highest BCUT2D eigenvalue weighted by Gasteiger charge is 2.19. The Hall–Kier alpha value is -3.20. The molecule has 2 atom stereocenters. The zero-order valence-electron chi connectivity index (χ0n) is 45.8. The molecule has 0 saturated heterocycles. The third-order valence-corrected chi connectivity index (χ3v) is 11.4. The summed E-state index contributed by atoms with van der Waals surface area (Å²) in [5.41, 5.74) is 0. The van der Waals surface area contributed by atoms with E-state index in [0.29, 0.717) is 45.1 Å². The molecule has 16 heteroatoms. The van der Waals surface area contributed by atoms with Gasteiger partial charge in [0.05, 0.1) is 27.6 Å². The summed E-state index contributed by atoms with van der Waals surface area (Å²) < 4.78 is 27.9. The number of unbranched alkanes of at least 4 members (excludes halogenated alkanes) is 16. The van der Waals surface area contributed by atoms with Gasteiger partial charge in [-0.3, -0.25) is 28.8 Å². The van der Waals surface area contributed by atoms with E-state index >= 15 is 0 Å². The van der Waals surface area contributed by atoms with E-state index in [0.717, 1.165) is 139 Å². The number of allylic oxidation sites excluding steroid dienone is 2. The monoisotopic (exact) mass is 1080 g/mol. The van der Waals surface area contributed by atoms with E-state index in [-0.39, 0.29) is 125 Å². The van der Waals surface area contributed by atoms with Gasteiger partial charge in [0.15, 0.2) is 0 Å². The van der Waals surface area contributed by atoms with Gasteiger partial charge in [0.25, 0.3) is 0 Å². The van der Waals surface area contributed by atoms with E-state index in [1.165, 1.54) is 12.8 Å². The molecule has 73 heavy (non-hydrogen) atoms. The number of hydrogen-bond acceptors (Lipinski definition) is 12. The Morgan fingerprint density at radius 3 is 1.18 bits per heavy atom. The van der Waals surface area contributed by atoms with Crippen LogP contribution in [0.4, 0.5) is 0 Å². The second kappa shape index (κ2) is 52.3. The first-order chi connectivity index (χ1) is 32.9. The van der Waals surface area contributed by atoms with Crippen molar-refractivity contribution in [2.75, 3.05) is 62.2 Å². The molecule has 2 unspecified atom stereocenters. The van der Waals surface area contributed by atoms with Gasteiger partial charge in [-0.05, 0) is 77.0 Å². The van der Waals surface area contributed by atoms with Gasteiger partial charge in [-0.1, -0.05) is 130 Å². The van der Waals surface area contributed by atoms with Gasteiger partial charge >= 0.3 is 35.8 Å². The Morgan fingerprint density at radius 2 is 0.767 bits per heavy atom. The number of likely N-dealkylation sites (N-methyl/N-ethyl adjacent to an activating group) is 1. The molecule has 14 nitrogen and oxygen atoms in total. The van der Waals surface area contributed by atoms with Crippen LogP contribution in [0.2, 0.25) is 0 Å². The van der Waals surface area contributed by atoms with Crippen LogP contribution in [0.15, 0.2) is 24.3 Å².